The van der Waals surface area contributed by atoms with E-state index < -0.39 is 20.4 Å². The van der Waals surface area contributed by atoms with Gasteiger partial charge in [0.25, 0.3) is 5.69 Å². The van der Waals surface area contributed by atoms with E-state index in [9.17, 15) is 18.5 Å². The summed E-state index contributed by atoms with van der Waals surface area (Å²) in [5.41, 5.74) is 5.06. The van der Waals surface area contributed by atoms with Crippen molar-refractivity contribution in [3.05, 3.63) is 28.3 Å². The van der Waals surface area contributed by atoms with Crippen molar-refractivity contribution in [3.63, 3.8) is 0 Å². The Labute approximate surface area is 80.4 Å². The van der Waals surface area contributed by atoms with Gasteiger partial charge in [-0.3, -0.25) is 10.1 Å². The summed E-state index contributed by atoms with van der Waals surface area (Å²) >= 11 is 0. The van der Waals surface area contributed by atoms with Crippen molar-refractivity contribution in [2.45, 2.75) is 4.90 Å². The van der Waals surface area contributed by atoms with E-state index in [1.54, 1.807) is 0 Å². The molecular formula is C7H8N2O4S. The van der Waals surface area contributed by atoms with Gasteiger partial charge in [-0.1, -0.05) is 0 Å². The number of nitro groups is 1. The molecule has 0 amide bonds. The summed E-state index contributed by atoms with van der Waals surface area (Å²) in [7, 11) is -3.62. The molecule has 0 heterocycles. The lowest BCUT2D eigenvalue weighted by molar-refractivity contribution is -0.387. The largest absolute Gasteiger partial charge is 0.399 e. The van der Waals surface area contributed by atoms with Gasteiger partial charge in [0, 0.05) is 18.0 Å². The SMILES string of the molecule is CS(=O)(=O)c1cc(N)ccc1[N+](=O)[O-]. The van der Waals surface area contributed by atoms with Crippen LogP contribution in [0.15, 0.2) is 23.1 Å². The Kier molecular flexibility index (Phi) is 2.43. The van der Waals surface area contributed by atoms with E-state index in [0.717, 1.165) is 18.4 Å². The third kappa shape index (κ3) is 1.99. The predicted octanol–water partition coefficient (Wildman–Crippen LogP) is 0.581. The van der Waals surface area contributed by atoms with Crippen LogP contribution in [0.3, 0.4) is 0 Å². The molecule has 0 aliphatic heterocycles. The predicted molar refractivity (Wildman–Crippen MR) is 50.6 cm³/mol. The molecule has 0 aromatic heterocycles. The number of nitrogens with two attached hydrogens (primary N) is 1. The molecule has 0 fully saturated rings. The molecular weight excluding hydrogens is 208 g/mol. The maximum atomic E-state index is 11.2. The maximum Gasteiger partial charge on any atom is 0.288 e. The highest BCUT2D eigenvalue weighted by Crippen LogP contribution is 2.25. The fourth-order valence-electron chi connectivity index (χ4n) is 0.979. The van der Waals surface area contributed by atoms with Crippen molar-refractivity contribution in [2.75, 3.05) is 12.0 Å². The average molecular weight is 216 g/mol. The number of benzene rings is 1. The maximum absolute atomic E-state index is 11.2. The van der Waals surface area contributed by atoms with Gasteiger partial charge in [-0.15, -0.1) is 0 Å². The van der Waals surface area contributed by atoms with Gasteiger partial charge in [-0.05, 0) is 12.1 Å². The number of rotatable bonds is 2. The smallest absolute Gasteiger partial charge is 0.288 e. The van der Waals surface area contributed by atoms with Crippen LogP contribution in [0.25, 0.3) is 0 Å². The van der Waals surface area contributed by atoms with Crippen LogP contribution in [0.2, 0.25) is 0 Å². The first-order valence-electron chi connectivity index (χ1n) is 3.56. The lowest BCUT2D eigenvalue weighted by Gasteiger charge is -2.01. The van der Waals surface area contributed by atoms with Gasteiger partial charge in [-0.2, -0.15) is 0 Å². The zero-order valence-corrected chi connectivity index (χ0v) is 8.11. The number of anilines is 1. The third-order valence-electron chi connectivity index (χ3n) is 1.58. The van der Waals surface area contributed by atoms with Crippen LogP contribution in [-0.4, -0.2) is 19.6 Å². The van der Waals surface area contributed by atoms with Crippen LogP contribution in [0.4, 0.5) is 11.4 Å². The number of nitro benzene ring substituents is 1. The van der Waals surface area contributed by atoms with Gasteiger partial charge in [0.15, 0.2) is 9.84 Å². The van der Waals surface area contributed by atoms with E-state index in [0.29, 0.717) is 0 Å². The number of sulfone groups is 1. The number of nitrogens with zero attached hydrogens (tertiary/aromatic N) is 1. The molecule has 1 aromatic rings. The molecule has 0 atom stereocenters. The van der Waals surface area contributed by atoms with Crippen molar-refractivity contribution in [3.8, 4) is 0 Å². The van der Waals surface area contributed by atoms with E-state index in [2.05, 4.69) is 0 Å². The van der Waals surface area contributed by atoms with Crippen LogP contribution < -0.4 is 5.73 Å². The Morgan fingerprint density at radius 2 is 2.00 bits per heavy atom. The van der Waals surface area contributed by atoms with Crippen molar-refractivity contribution in [1.82, 2.24) is 0 Å². The van der Waals surface area contributed by atoms with Crippen LogP contribution in [0, 0.1) is 10.1 Å². The van der Waals surface area contributed by atoms with Crippen LogP contribution in [0.5, 0.6) is 0 Å². The van der Waals surface area contributed by atoms with Crippen molar-refractivity contribution < 1.29 is 13.3 Å². The Bertz CT molecular complexity index is 480. The molecule has 0 bridgehead atoms. The highest BCUT2D eigenvalue weighted by Gasteiger charge is 2.21. The highest BCUT2D eigenvalue weighted by atomic mass is 32.2. The van der Waals surface area contributed by atoms with E-state index >= 15 is 0 Å². The summed E-state index contributed by atoms with van der Waals surface area (Å²) in [5.74, 6) is 0. The molecule has 1 aromatic carbocycles. The molecule has 0 aliphatic rings. The molecule has 0 spiro atoms. The first-order valence-corrected chi connectivity index (χ1v) is 5.45. The topological polar surface area (TPSA) is 103 Å². The zero-order valence-electron chi connectivity index (χ0n) is 7.30. The fraction of sp³-hybridized carbons (Fsp3) is 0.143. The van der Waals surface area contributed by atoms with E-state index in [1.165, 1.54) is 6.07 Å². The average Bonchev–Trinajstić information content (AvgIpc) is 2.01. The standard InChI is InChI=1S/C7H8N2O4S/c1-14(12,13)7-4-5(8)2-3-6(7)9(10)11/h2-4H,8H2,1H3. The Morgan fingerprint density at radius 3 is 2.43 bits per heavy atom. The number of hydrogen-bond acceptors (Lipinski definition) is 5. The fourth-order valence-corrected chi connectivity index (χ4v) is 1.85. The van der Waals surface area contributed by atoms with E-state index in [4.69, 9.17) is 5.73 Å². The minimum absolute atomic E-state index is 0.177. The quantitative estimate of drug-likeness (QED) is 0.442. The van der Waals surface area contributed by atoms with Gasteiger partial charge in [-0.25, -0.2) is 8.42 Å². The van der Waals surface area contributed by atoms with Gasteiger partial charge in [0.1, 0.15) is 4.90 Å². The summed E-state index contributed by atoms with van der Waals surface area (Å²) < 4.78 is 22.3. The first-order chi connectivity index (χ1) is 6.32. The molecule has 0 saturated heterocycles. The Morgan fingerprint density at radius 1 is 1.43 bits per heavy atom. The summed E-state index contributed by atoms with van der Waals surface area (Å²) in [5, 5.41) is 10.5. The minimum Gasteiger partial charge on any atom is -0.399 e. The highest BCUT2D eigenvalue weighted by molar-refractivity contribution is 7.90. The molecule has 0 unspecified atom stereocenters. The van der Waals surface area contributed by atoms with Gasteiger partial charge in [0.05, 0.1) is 4.92 Å². The minimum atomic E-state index is -3.62. The summed E-state index contributed by atoms with van der Waals surface area (Å²) in [6, 6.07) is 3.44. The lowest BCUT2D eigenvalue weighted by Crippen LogP contribution is -2.03. The zero-order chi connectivity index (χ0) is 10.9. The monoisotopic (exact) mass is 216 g/mol. The molecule has 14 heavy (non-hydrogen) atoms. The number of hydrogen-bond donors (Lipinski definition) is 1. The van der Waals surface area contributed by atoms with Crippen molar-refractivity contribution in [2.24, 2.45) is 0 Å². The first kappa shape index (κ1) is 10.5. The molecule has 7 heteroatoms. The second-order valence-electron chi connectivity index (χ2n) is 2.76. The number of nitrogen functional groups attached to an aromatic ring is 1. The summed E-state index contributed by atoms with van der Waals surface area (Å²) in [6.45, 7) is 0. The third-order valence-corrected chi connectivity index (χ3v) is 2.71. The van der Waals surface area contributed by atoms with Gasteiger partial charge < -0.3 is 5.73 Å². The molecule has 0 aliphatic carbocycles. The van der Waals surface area contributed by atoms with E-state index in [-0.39, 0.29) is 10.6 Å². The summed E-state index contributed by atoms with van der Waals surface area (Å²) in [6.07, 6.45) is 0.898. The molecule has 6 nitrogen and oxygen atoms in total. The van der Waals surface area contributed by atoms with E-state index in [1.807, 2.05) is 0 Å². The van der Waals surface area contributed by atoms with Gasteiger partial charge >= 0.3 is 0 Å². The second kappa shape index (κ2) is 3.26. The van der Waals surface area contributed by atoms with Crippen LogP contribution >= 0.6 is 0 Å². The molecule has 0 radical (unpaired) electrons. The van der Waals surface area contributed by atoms with Crippen molar-refractivity contribution in [1.29, 1.82) is 0 Å². The molecule has 76 valence electrons. The molecule has 1 rings (SSSR count). The van der Waals surface area contributed by atoms with Crippen LogP contribution in [-0.2, 0) is 9.84 Å². The Hall–Kier alpha value is -1.63. The lowest BCUT2D eigenvalue weighted by atomic mass is 10.3. The Balaban J connectivity index is 3.54. The summed E-state index contributed by atoms with van der Waals surface area (Å²) in [4.78, 5) is 9.37. The van der Waals surface area contributed by atoms with Crippen LogP contribution in [0.1, 0.15) is 0 Å². The molecule has 2 N–H and O–H groups in total. The van der Waals surface area contributed by atoms with Gasteiger partial charge in [0.2, 0.25) is 0 Å². The molecule has 0 saturated carbocycles. The normalized spacial score (nSPS) is 11.2. The van der Waals surface area contributed by atoms with Crippen molar-refractivity contribution >= 4 is 21.2 Å². The second-order valence-corrected chi connectivity index (χ2v) is 4.74.